The summed E-state index contributed by atoms with van der Waals surface area (Å²) in [6, 6.07) is 4.38. The topological polar surface area (TPSA) is 146 Å². The molecule has 4 atom stereocenters. The van der Waals surface area contributed by atoms with Crippen molar-refractivity contribution < 1.29 is 37.5 Å². The van der Waals surface area contributed by atoms with E-state index in [0.29, 0.717) is 12.8 Å². The van der Waals surface area contributed by atoms with E-state index in [0.717, 1.165) is 10.4 Å². The van der Waals surface area contributed by atoms with Gasteiger partial charge in [0.15, 0.2) is 4.90 Å². The molecule has 2 aliphatic heterocycles. The maximum absolute atomic E-state index is 13.4. The second kappa shape index (κ2) is 9.35. The Hall–Kier alpha value is -2.12. The second-order valence-electron chi connectivity index (χ2n) is 7.21. The SMILES string of the molecule is COC(=O)C[C@@H]1CC[C@H]2[C@@H](COC[C@H](O)CN2S(=O)(=O)c2ccccc2[N+](=O)[O-])O1. The molecule has 1 aromatic rings. The van der Waals surface area contributed by atoms with Crippen molar-refractivity contribution in [2.45, 2.75) is 48.5 Å². The van der Waals surface area contributed by atoms with Crippen LogP contribution in [0.3, 0.4) is 0 Å². The van der Waals surface area contributed by atoms with Gasteiger partial charge in [-0.05, 0) is 18.9 Å². The van der Waals surface area contributed by atoms with Gasteiger partial charge in [0.1, 0.15) is 0 Å². The number of β-amino-alcohol motifs (C(OH)–C–C–N with tert-alkyl or cyclic N) is 1. The van der Waals surface area contributed by atoms with Crippen LogP contribution in [0.5, 0.6) is 0 Å². The van der Waals surface area contributed by atoms with Crippen molar-refractivity contribution in [2.24, 2.45) is 0 Å². The lowest BCUT2D eigenvalue weighted by Crippen LogP contribution is -2.57. The highest BCUT2D eigenvalue weighted by Crippen LogP contribution is 2.34. The molecule has 0 aromatic heterocycles. The number of aliphatic hydroxyl groups is 1. The molecular weight excluding hydrogens is 420 g/mol. The van der Waals surface area contributed by atoms with Gasteiger partial charge in [-0.2, -0.15) is 4.31 Å². The Balaban J connectivity index is 1.93. The molecule has 2 heterocycles. The lowest BCUT2D eigenvalue weighted by Gasteiger charge is -2.43. The monoisotopic (exact) mass is 444 g/mol. The minimum absolute atomic E-state index is 0.0162. The minimum atomic E-state index is -4.32. The molecule has 0 saturated carbocycles. The number of aliphatic hydroxyl groups excluding tert-OH is 1. The third-order valence-electron chi connectivity index (χ3n) is 5.20. The molecule has 2 aliphatic rings. The van der Waals surface area contributed by atoms with E-state index in [4.69, 9.17) is 9.47 Å². The molecular formula is C18H24N2O9S. The number of methoxy groups -OCH3 is 1. The Morgan fingerprint density at radius 2 is 2.07 bits per heavy atom. The molecule has 0 unspecified atom stereocenters. The third kappa shape index (κ3) is 4.78. The van der Waals surface area contributed by atoms with E-state index in [1.807, 2.05) is 0 Å². The van der Waals surface area contributed by atoms with Crippen LogP contribution < -0.4 is 0 Å². The molecule has 0 aliphatic carbocycles. The Morgan fingerprint density at radius 3 is 2.77 bits per heavy atom. The normalized spacial score (nSPS) is 28.1. The number of ether oxygens (including phenoxy) is 3. The standard InChI is InChI=1S/C18H24N2O9S/c1-27-18(22)8-13-6-7-14-16(29-13)11-28-10-12(21)9-19(14)30(25,26)17-5-3-2-4-15(17)20(23)24/h2-5,12-14,16,21H,6-11H2,1H3/t12-,13+,14+,16-/m1/s1. The summed E-state index contributed by atoms with van der Waals surface area (Å²) in [6.45, 7) is -0.389. The second-order valence-corrected chi connectivity index (χ2v) is 9.07. The molecule has 2 fully saturated rings. The average Bonchev–Trinajstić information content (AvgIpc) is 2.71. The van der Waals surface area contributed by atoms with Crippen LogP contribution in [0.2, 0.25) is 0 Å². The number of sulfonamides is 1. The van der Waals surface area contributed by atoms with Gasteiger partial charge in [0, 0.05) is 12.6 Å². The zero-order valence-corrected chi connectivity index (χ0v) is 17.2. The molecule has 0 bridgehead atoms. The smallest absolute Gasteiger partial charge is 0.308 e. The molecule has 0 amide bonds. The molecule has 12 heteroatoms. The van der Waals surface area contributed by atoms with Gasteiger partial charge in [0.25, 0.3) is 5.69 Å². The van der Waals surface area contributed by atoms with Crippen molar-refractivity contribution >= 4 is 21.7 Å². The largest absolute Gasteiger partial charge is 0.469 e. The lowest BCUT2D eigenvalue weighted by molar-refractivity contribution is -0.387. The van der Waals surface area contributed by atoms with Crippen LogP contribution in [0.25, 0.3) is 0 Å². The number of hydrogen-bond donors (Lipinski definition) is 1. The molecule has 1 aromatic carbocycles. The first-order valence-corrected chi connectivity index (χ1v) is 10.9. The maximum Gasteiger partial charge on any atom is 0.308 e. The molecule has 1 N–H and O–H groups in total. The number of esters is 1. The van der Waals surface area contributed by atoms with Crippen LogP contribution >= 0.6 is 0 Å². The fourth-order valence-electron chi connectivity index (χ4n) is 3.79. The minimum Gasteiger partial charge on any atom is -0.469 e. The molecule has 11 nitrogen and oxygen atoms in total. The number of hydrogen-bond acceptors (Lipinski definition) is 9. The Labute approximate surface area is 173 Å². The number of para-hydroxylation sites is 1. The predicted molar refractivity (Wildman–Crippen MR) is 102 cm³/mol. The lowest BCUT2D eigenvalue weighted by atomic mass is 9.96. The summed E-state index contributed by atoms with van der Waals surface area (Å²) in [6.07, 6.45) is -1.51. The highest BCUT2D eigenvalue weighted by molar-refractivity contribution is 7.89. The molecule has 0 radical (unpaired) electrons. The summed E-state index contributed by atoms with van der Waals surface area (Å²) in [4.78, 5) is 21.8. The van der Waals surface area contributed by atoms with Crippen molar-refractivity contribution in [3.05, 3.63) is 34.4 Å². The zero-order chi connectivity index (χ0) is 21.9. The van der Waals surface area contributed by atoms with E-state index in [1.165, 1.54) is 25.3 Å². The van der Waals surface area contributed by atoms with E-state index in [2.05, 4.69) is 4.74 Å². The molecule has 30 heavy (non-hydrogen) atoms. The van der Waals surface area contributed by atoms with E-state index < -0.39 is 55.9 Å². The van der Waals surface area contributed by atoms with Crippen LogP contribution in [0.4, 0.5) is 5.69 Å². The number of fused-ring (bicyclic) bond motifs is 1. The van der Waals surface area contributed by atoms with Gasteiger partial charge in [0.2, 0.25) is 10.0 Å². The fourth-order valence-corrected chi connectivity index (χ4v) is 5.67. The molecule has 166 valence electrons. The molecule has 2 saturated heterocycles. The summed E-state index contributed by atoms with van der Waals surface area (Å²) in [5.74, 6) is -0.440. The van der Waals surface area contributed by atoms with E-state index in [1.54, 1.807) is 0 Å². The Morgan fingerprint density at radius 1 is 1.33 bits per heavy atom. The fraction of sp³-hybridized carbons (Fsp3) is 0.611. The van der Waals surface area contributed by atoms with Gasteiger partial charge in [-0.3, -0.25) is 14.9 Å². The molecule has 3 rings (SSSR count). The first-order chi connectivity index (χ1) is 14.2. The number of nitro benzene ring substituents is 1. The number of benzene rings is 1. The number of carbonyl (C=O) groups excluding carboxylic acids is 1. The van der Waals surface area contributed by atoms with Crippen molar-refractivity contribution in [1.29, 1.82) is 0 Å². The van der Waals surface area contributed by atoms with Crippen LogP contribution in [0.1, 0.15) is 19.3 Å². The average molecular weight is 444 g/mol. The zero-order valence-electron chi connectivity index (χ0n) is 16.4. The first-order valence-electron chi connectivity index (χ1n) is 9.47. The Bertz CT molecular complexity index is 891. The van der Waals surface area contributed by atoms with Gasteiger partial charge >= 0.3 is 5.97 Å². The number of nitro groups is 1. The van der Waals surface area contributed by atoms with Gasteiger partial charge in [-0.15, -0.1) is 0 Å². The van der Waals surface area contributed by atoms with Crippen LogP contribution in [0.15, 0.2) is 29.2 Å². The van der Waals surface area contributed by atoms with Crippen LogP contribution in [-0.2, 0) is 29.0 Å². The number of nitrogens with zero attached hydrogens (tertiary/aromatic N) is 2. The maximum atomic E-state index is 13.4. The quantitative estimate of drug-likeness (QED) is 0.389. The number of carbonyl (C=O) groups is 1. The highest BCUT2D eigenvalue weighted by atomic mass is 32.2. The number of rotatable bonds is 5. The summed E-state index contributed by atoms with van der Waals surface area (Å²) in [5, 5.41) is 21.6. The van der Waals surface area contributed by atoms with E-state index >= 15 is 0 Å². The van der Waals surface area contributed by atoms with Crippen molar-refractivity contribution in [3.63, 3.8) is 0 Å². The van der Waals surface area contributed by atoms with E-state index in [9.17, 15) is 28.4 Å². The van der Waals surface area contributed by atoms with Crippen molar-refractivity contribution in [1.82, 2.24) is 4.31 Å². The van der Waals surface area contributed by atoms with Gasteiger partial charge < -0.3 is 19.3 Å². The molecule has 0 spiro atoms. The first kappa shape index (κ1) is 22.6. The van der Waals surface area contributed by atoms with Crippen molar-refractivity contribution in [3.8, 4) is 0 Å². The summed E-state index contributed by atoms with van der Waals surface area (Å²) in [5.41, 5.74) is -0.540. The summed E-state index contributed by atoms with van der Waals surface area (Å²) >= 11 is 0. The van der Waals surface area contributed by atoms with Gasteiger partial charge in [-0.25, -0.2) is 8.42 Å². The highest BCUT2D eigenvalue weighted by Gasteiger charge is 2.44. The Kier molecular flexibility index (Phi) is 7.03. The summed E-state index contributed by atoms with van der Waals surface area (Å²) < 4.78 is 43.9. The van der Waals surface area contributed by atoms with Crippen LogP contribution in [0, 0.1) is 10.1 Å². The van der Waals surface area contributed by atoms with E-state index in [-0.39, 0.29) is 26.2 Å². The van der Waals surface area contributed by atoms with Crippen molar-refractivity contribution in [2.75, 3.05) is 26.9 Å². The predicted octanol–water partition coefficient (Wildman–Crippen LogP) is 0.456. The third-order valence-corrected chi connectivity index (χ3v) is 7.14. The van der Waals surface area contributed by atoms with Gasteiger partial charge in [0.05, 0.1) is 56.0 Å². The van der Waals surface area contributed by atoms with Gasteiger partial charge in [-0.1, -0.05) is 12.1 Å². The van der Waals surface area contributed by atoms with Crippen LogP contribution in [-0.4, -0.2) is 79.9 Å². The summed E-state index contributed by atoms with van der Waals surface area (Å²) in [7, 11) is -3.05.